The minimum absolute atomic E-state index is 0.0491. The van der Waals surface area contributed by atoms with Gasteiger partial charge in [-0.1, -0.05) is 19.3 Å². The summed E-state index contributed by atoms with van der Waals surface area (Å²) in [7, 11) is 0. The van der Waals surface area contributed by atoms with Gasteiger partial charge in [0.25, 0.3) is 0 Å². The van der Waals surface area contributed by atoms with Gasteiger partial charge < -0.3 is 5.11 Å². The first kappa shape index (κ1) is 8.52. The lowest BCUT2D eigenvalue weighted by molar-refractivity contribution is -0.0834. The maximum atomic E-state index is 9.38. The van der Waals surface area contributed by atoms with Crippen molar-refractivity contribution in [2.45, 2.75) is 57.2 Å². The van der Waals surface area contributed by atoms with Gasteiger partial charge in [0.15, 0.2) is 0 Å². The molecule has 70 valence electrons. The van der Waals surface area contributed by atoms with Gasteiger partial charge in [-0.3, -0.25) is 4.90 Å². The van der Waals surface area contributed by atoms with Crippen molar-refractivity contribution >= 4 is 0 Å². The summed E-state index contributed by atoms with van der Waals surface area (Å²) in [6, 6.07) is 1.21. The SMILES string of the molecule is CC1C(O)CN1C1CCCCC1. The molecule has 2 rings (SSSR count). The molecule has 0 aromatic rings. The lowest BCUT2D eigenvalue weighted by Gasteiger charge is -2.49. The maximum absolute atomic E-state index is 9.38. The lowest BCUT2D eigenvalue weighted by Crippen LogP contribution is -2.62. The smallest absolute Gasteiger partial charge is 0.0819 e. The Balaban J connectivity index is 1.84. The van der Waals surface area contributed by atoms with Crippen LogP contribution in [0, 0.1) is 0 Å². The van der Waals surface area contributed by atoms with Crippen LogP contribution >= 0.6 is 0 Å². The van der Waals surface area contributed by atoms with Gasteiger partial charge in [-0.05, 0) is 19.8 Å². The van der Waals surface area contributed by atoms with Crippen molar-refractivity contribution in [2.75, 3.05) is 6.54 Å². The van der Waals surface area contributed by atoms with E-state index >= 15 is 0 Å². The molecule has 0 spiro atoms. The molecule has 2 unspecified atom stereocenters. The normalized spacial score (nSPS) is 39.5. The number of aliphatic hydroxyl groups is 1. The first-order valence-electron chi connectivity index (χ1n) is 5.23. The predicted molar refractivity (Wildman–Crippen MR) is 49.0 cm³/mol. The molecule has 1 aliphatic carbocycles. The summed E-state index contributed by atoms with van der Waals surface area (Å²) in [5.74, 6) is 0. The number of nitrogens with zero attached hydrogens (tertiary/aromatic N) is 1. The zero-order valence-electron chi connectivity index (χ0n) is 7.87. The molecule has 1 aliphatic heterocycles. The standard InChI is InChI=1S/C10H19NO/c1-8-10(12)7-11(8)9-5-3-2-4-6-9/h8-10,12H,2-7H2,1H3. The second-order valence-electron chi connectivity index (χ2n) is 4.30. The van der Waals surface area contributed by atoms with Crippen molar-refractivity contribution in [3.8, 4) is 0 Å². The van der Waals surface area contributed by atoms with E-state index in [2.05, 4.69) is 11.8 Å². The highest BCUT2D eigenvalue weighted by molar-refractivity contribution is 4.93. The molecule has 2 atom stereocenters. The van der Waals surface area contributed by atoms with Gasteiger partial charge in [0, 0.05) is 18.6 Å². The summed E-state index contributed by atoms with van der Waals surface area (Å²) in [6.45, 7) is 3.06. The number of hydrogen-bond donors (Lipinski definition) is 1. The van der Waals surface area contributed by atoms with Crippen LogP contribution in [0.25, 0.3) is 0 Å². The topological polar surface area (TPSA) is 23.5 Å². The number of likely N-dealkylation sites (tertiary alicyclic amines) is 1. The quantitative estimate of drug-likeness (QED) is 0.641. The van der Waals surface area contributed by atoms with Gasteiger partial charge in [0.2, 0.25) is 0 Å². The highest BCUT2D eigenvalue weighted by atomic mass is 16.3. The molecule has 12 heavy (non-hydrogen) atoms. The average Bonchev–Trinajstić information content (AvgIpc) is 2.15. The number of aliphatic hydroxyl groups excluding tert-OH is 1. The van der Waals surface area contributed by atoms with E-state index in [4.69, 9.17) is 0 Å². The van der Waals surface area contributed by atoms with E-state index in [9.17, 15) is 5.11 Å². The molecule has 1 saturated carbocycles. The molecular weight excluding hydrogens is 150 g/mol. The Labute approximate surface area is 74.6 Å². The van der Waals surface area contributed by atoms with E-state index in [1.165, 1.54) is 32.1 Å². The van der Waals surface area contributed by atoms with Crippen LogP contribution in [0.3, 0.4) is 0 Å². The predicted octanol–water partition coefficient (Wildman–Crippen LogP) is 1.38. The molecule has 0 amide bonds. The molecular formula is C10H19NO. The molecule has 0 radical (unpaired) electrons. The van der Waals surface area contributed by atoms with E-state index in [1.807, 2.05) is 0 Å². The van der Waals surface area contributed by atoms with Crippen LogP contribution in [0.15, 0.2) is 0 Å². The van der Waals surface area contributed by atoms with Crippen LogP contribution in [0.5, 0.6) is 0 Å². The van der Waals surface area contributed by atoms with Crippen LogP contribution in [0.4, 0.5) is 0 Å². The molecule has 2 nitrogen and oxygen atoms in total. The first-order valence-corrected chi connectivity index (χ1v) is 5.23. The molecule has 1 N–H and O–H groups in total. The van der Waals surface area contributed by atoms with Crippen molar-refractivity contribution in [2.24, 2.45) is 0 Å². The summed E-state index contributed by atoms with van der Waals surface area (Å²) < 4.78 is 0. The van der Waals surface area contributed by atoms with Crippen molar-refractivity contribution < 1.29 is 5.11 Å². The highest BCUT2D eigenvalue weighted by Crippen LogP contribution is 2.29. The van der Waals surface area contributed by atoms with Crippen LogP contribution in [-0.4, -0.2) is 34.7 Å². The zero-order chi connectivity index (χ0) is 8.55. The van der Waals surface area contributed by atoms with E-state index in [1.54, 1.807) is 0 Å². The third-order valence-electron chi connectivity index (χ3n) is 3.52. The Hall–Kier alpha value is -0.0800. The molecule has 0 bridgehead atoms. The van der Waals surface area contributed by atoms with Crippen molar-refractivity contribution in [3.05, 3.63) is 0 Å². The van der Waals surface area contributed by atoms with E-state index < -0.39 is 0 Å². The molecule has 2 aliphatic rings. The summed E-state index contributed by atoms with van der Waals surface area (Å²) in [6.07, 6.45) is 6.87. The Bertz CT molecular complexity index is 151. The second kappa shape index (κ2) is 3.35. The van der Waals surface area contributed by atoms with Gasteiger partial charge in [-0.2, -0.15) is 0 Å². The van der Waals surface area contributed by atoms with Gasteiger partial charge in [0.1, 0.15) is 0 Å². The zero-order valence-corrected chi connectivity index (χ0v) is 7.87. The fourth-order valence-corrected chi connectivity index (χ4v) is 2.51. The first-order chi connectivity index (χ1) is 5.79. The average molecular weight is 169 g/mol. The van der Waals surface area contributed by atoms with E-state index in [0.717, 1.165) is 12.6 Å². The molecule has 0 aromatic carbocycles. The van der Waals surface area contributed by atoms with Gasteiger partial charge in [0.05, 0.1) is 6.10 Å². The van der Waals surface area contributed by atoms with Gasteiger partial charge >= 0.3 is 0 Å². The molecule has 1 heterocycles. The lowest BCUT2D eigenvalue weighted by atomic mass is 9.89. The van der Waals surface area contributed by atoms with Crippen molar-refractivity contribution in [1.29, 1.82) is 0 Å². The highest BCUT2D eigenvalue weighted by Gasteiger charge is 2.38. The molecule has 2 heteroatoms. The van der Waals surface area contributed by atoms with Crippen LogP contribution in [0.1, 0.15) is 39.0 Å². The molecule has 2 fully saturated rings. The Kier molecular flexibility index (Phi) is 2.37. The Morgan fingerprint density at radius 3 is 2.33 bits per heavy atom. The molecule has 0 aromatic heterocycles. The van der Waals surface area contributed by atoms with Gasteiger partial charge in [-0.25, -0.2) is 0 Å². The van der Waals surface area contributed by atoms with E-state index in [-0.39, 0.29) is 6.10 Å². The van der Waals surface area contributed by atoms with Crippen molar-refractivity contribution in [1.82, 2.24) is 4.90 Å². The largest absolute Gasteiger partial charge is 0.390 e. The Morgan fingerprint density at radius 1 is 1.17 bits per heavy atom. The second-order valence-corrected chi connectivity index (χ2v) is 4.30. The number of rotatable bonds is 1. The Morgan fingerprint density at radius 2 is 1.83 bits per heavy atom. The van der Waals surface area contributed by atoms with Crippen LogP contribution < -0.4 is 0 Å². The fraction of sp³-hybridized carbons (Fsp3) is 1.00. The molecule has 1 saturated heterocycles. The summed E-state index contributed by atoms with van der Waals surface area (Å²) in [4.78, 5) is 2.48. The van der Waals surface area contributed by atoms with E-state index in [0.29, 0.717) is 6.04 Å². The summed E-state index contributed by atoms with van der Waals surface area (Å²) >= 11 is 0. The van der Waals surface area contributed by atoms with Crippen LogP contribution in [0.2, 0.25) is 0 Å². The summed E-state index contributed by atoms with van der Waals surface area (Å²) in [5.41, 5.74) is 0. The van der Waals surface area contributed by atoms with Gasteiger partial charge in [-0.15, -0.1) is 0 Å². The minimum atomic E-state index is -0.0491. The number of β-amino-alcohol motifs (C(OH)–C–C–N with tert-alkyl or cyclic N) is 1. The third-order valence-corrected chi connectivity index (χ3v) is 3.52. The minimum Gasteiger partial charge on any atom is -0.390 e. The van der Waals surface area contributed by atoms with Crippen LogP contribution in [-0.2, 0) is 0 Å². The fourth-order valence-electron chi connectivity index (χ4n) is 2.51. The summed E-state index contributed by atoms with van der Waals surface area (Å²) in [5, 5.41) is 9.38. The monoisotopic (exact) mass is 169 g/mol. The third kappa shape index (κ3) is 1.38. The van der Waals surface area contributed by atoms with Crippen molar-refractivity contribution in [3.63, 3.8) is 0 Å². The number of hydrogen-bond acceptors (Lipinski definition) is 2. The maximum Gasteiger partial charge on any atom is 0.0819 e.